The van der Waals surface area contributed by atoms with Crippen LogP contribution in [0, 0.1) is 5.92 Å². The van der Waals surface area contributed by atoms with E-state index in [0.29, 0.717) is 5.92 Å². The molecule has 4 heterocycles. The van der Waals surface area contributed by atoms with Crippen LogP contribution in [0.15, 0.2) is 48.8 Å². The SMILES string of the molecule is c1ccc(N2CCCCC2)c(CN2CCOC[C@@H](Cc3ccc4nccn4n3)C2)c1. The Kier molecular flexibility index (Phi) is 5.95. The number of aromatic nitrogens is 3. The predicted molar refractivity (Wildman–Crippen MR) is 119 cm³/mol. The maximum atomic E-state index is 5.97. The third-order valence-corrected chi connectivity index (χ3v) is 6.31. The Morgan fingerprint density at radius 3 is 2.83 bits per heavy atom. The highest BCUT2D eigenvalue weighted by Gasteiger charge is 2.22. The molecule has 1 aromatic carbocycles. The minimum atomic E-state index is 0.447. The molecule has 2 aromatic heterocycles. The summed E-state index contributed by atoms with van der Waals surface area (Å²) >= 11 is 0. The molecule has 0 unspecified atom stereocenters. The molecule has 0 radical (unpaired) electrons. The first-order chi connectivity index (χ1) is 14.8. The van der Waals surface area contributed by atoms with Gasteiger partial charge in [0.15, 0.2) is 5.65 Å². The van der Waals surface area contributed by atoms with E-state index in [1.54, 1.807) is 6.20 Å². The summed E-state index contributed by atoms with van der Waals surface area (Å²) in [5.41, 5.74) is 4.86. The second kappa shape index (κ2) is 9.14. The zero-order valence-electron chi connectivity index (χ0n) is 17.6. The highest BCUT2D eigenvalue weighted by Crippen LogP contribution is 2.26. The Labute approximate surface area is 178 Å². The predicted octanol–water partition coefficient (Wildman–Crippen LogP) is 3.41. The number of hydrogen-bond donors (Lipinski definition) is 0. The van der Waals surface area contributed by atoms with E-state index < -0.39 is 0 Å². The normalized spacial score (nSPS) is 21.1. The Morgan fingerprint density at radius 2 is 1.90 bits per heavy atom. The van der Waals surface area contributed by atoms with Gasteiger partial charge in [0.1, 0.15) is 0 Å². The van der Waals surface area contributed by atoms with Crippen LogP contribution in [0.5, 0.6) is 0 Å². The van der Waals surface area contributed by atoms with Crippen LogP contribution < -0.4 is 4.90 Å². The molecule has 2 aliphatic heterocycles. The number of imidazole rings is 1. The molecule has 30 heavy (non-hydrogen) atoms. The lowest BCUT2D eigenvalue weighted by atomic mass is 10.0. The first-order valence-electron chi connectivity index (χ1n) is 11.3. The smallest absolute Gasteiger partial charge is 0.153 e. The highest BCUT2D eigenvalue weighted by atomic mass is 16.5. The summed E-state index contributed by atoms with van der Waals surface area (Å²) in [4.78, 5) is 9.43. The number of para-hydroxylation sites is 1. The Hall–Kier alpha value is -2.44. The molecule has 0 saturated carbocycles. The average molecular weight is 406 g/mol. The van der Waals surface area contributed by atoms with Gasteiger partial charge in [-0.25, -0.2) is 9.50 Å². The van der Waals surface area contributed by atoms with Crippen LogP contribution in [-0.2, 0) is 17.7 Å². The molecule has 0 spiro atoms. The Balaban J connectivity index is 1.28. The van der Waals surface area contributed by atoms with E-state index in [1.807, 2.05) is 16.8 Å². The van der Waals surface area contributed by atoms with Crippen molar-refractivity contribution in [2.75, 3.05) is 44.3 Å². The van der Waals surface area contributed by atoms with Gasteiger partial charge in [0, 0.05) is 56.7 Å². The lowest BCUT2D eigenvalue weighted by Crippen LogP contribution is -2.33. The number of anilines is 1. The molecule has 0 aliphatic carbocycles. The number of nitrogens with zero attached hydrogens (tertiary/aromatic N) is 5. The summed E-state index contributed by atoms with van der Waals surface area (Å²) in [5, 5.41) is 4.72. The number of rotatable bonds is 5. The third-order valence-electron chi connectivity index (χ3n) is 6.31. The van der Waals surface area contributed by atoms with Crippen LogP contribution in [0.3, 0.4) is 0 Å². The average Bonchev–Trinajstić information content (AvgIpc) is 3.14. The van der Waals surface area contributed by atoms with Crippen molar-refractivity contribution in [3.8, 4) is 0 Å². The van der Waals surface area contributed by atoms with Gasteiger partial charge in [-0.15, -0.1) is 0 Å². The number of benzene rings is 1. The number of hydrogen-bond acceptors (Lipinski definition) is 5. The standard InChI is InChI=1S/C24H31N5O/c1-4-11-28(12-5-1)23-7-3-2-6-21(23)18-27-14-15-30-19-20(17-27)16-22-8-9-24-25-10-13-29(24)26-22/h2-3,6-10,13,20H,1,4-5,11-12,14-19H2/t20-/m0/s1. The molecule has 158 valence electrons. The molecule has 0 bridgehead atoms. The summed E-state index contributed by atoms with van der Waals surface area (Å²) in [5.74, 6) is 0.447. The summed E-state index contributed by atoms with van der Waals surface area (Å²) in [7, 11) is 0. The van der Waals surface area contributed by atoms with Crippen molar-refractivity contribution in [3.05, 3.63) is 60.0 Å². The zero-order chi connectivity index (χ0) is 20.2. The van der Waals surface area contributed by atoms with Crippen molar-refractivity contribution in [3.63, 3.8) is 0 Å². The van der Waals surface area contributed by atoms with E-state index >= 15 is 0 Å². The molecule has 1 atom stereocenters. The Morgan fingerprint density at radius 1 is 1.00 bits per heavy atom. The van der Waals surface area contributed by atoms with Crippen LogP contribution in [-0.4, -0.2) is 58.9 Å². The lowest BCUT2D eigenvalue weighted by molar-refractivity contribution is 0.121. The van der Waals surface area contributed by atoms with Gasteiger partial charge in [-0.3, -0.25) is 4.90 Å². The van der Waals surface area contributed by atoms with Gasteiger partial charge < -0.3 is 9.64 Å². The van der Waals surface area contributed by atoms with Gasteiger partial charge >= 0.3 is 0 Å². The number of piperidine rings is 1. The van der Waals surface area contributed by atoms with E-state index in [2.05, 4.69) is 45.1 Å². The van der Waals surface area contributed by atoms with Gasteiger partial charge in [0.25, 0.3) is 0 Å². The third kappa shape index (κ3) is 4.50. The zero-order valence-corrected chi connectivity index (χ0v) is 17.6. The summed E-state index contributed by atoms with van der Waals surface area (Å²) in [6.07, 6.45) is 8.61. The molecule has 2 aliphatic rings. The second-order valence-electron chi connectivity index (χ2n) is 8.61. The summed E-state index contributed by atoms with van der Waals surface area (Å²) < 4.78 is 7.83. The van der Waals surface area contributed by atoms with Gasteiger partial charge in [-0.2, -0.15) is 5.10 Å². The maximum absolute atomic E-state index is 5.97. The van der Waals surface area contributed by atoms with Crippen molar-refractivity contribution in [1.82, 2.24) is 19.5 Å². The van der Waals surface area contributed by atoms with E-state index in [4.69, 9.17) is 9.84 Å². The fourth-order valence-electron chi connectivity index (χ4n) is 4.81. The quantitative estimate of drug-likeness (QED) is 0.651. The minimum absolute atomic E-state index is 0.447. The summed E-state index contributed by atoms with van der Waals surface area (Å²) in [6, 6.07) is 13.1. The molecule has 0 N–H and O–H groups in total. The van der Waals surface area contributed by atoms with Crippen LogP contribution in [0.1, 0.15) is 30.5 Å². The van der Waals surface area contributed by atoms with Gasteiger partial charge in [-0.1, -0.05) is 18.2 Å². The van der Waals surface area contributed by atoms with Crippen molar-refractivity contribution in [1.29, 1.82) is 0 Å². The van der Waals surface area contributed by atoms with E-state index in [9.17, 15) is 0 Å². The van der Waals surface area contributed by atoms with Crippen LogP contribution in [0.2, 0.25) is 0 Å². The molecule has 6 heteroatoms. The summed E-state index contributed by atoms with van der Waals surface area (Å²) in [6.45, 7) is 6.98. The van der Waals surface area contributed by atoms with Crippen molar-refractivity contribution < 1.29 is 4.74 Å². The van der Waals surface area contributed by atoms with Gasteiger partial charge in [0.05, 0.1) is 18.9 Å². The molecule has 0 amide bonds. The fourth-order valence-corrected chi connectivity index (χ4v) is 4.81. The molecular weight excluding hydrogens is 374 g/mol. The lowest BCUT2D eigenvalue weighted by Gasteiger charge is -2.32. The first-order valence-corrected chi connectivity index (χ1v) is 11.3. The molecule has 5 rings (SSSR count). The molecule has 6 nitrogen and oxygen atoms in total. The van der Waals surface area contributed by atoms with Gasteiger partial charge in [-0.05, 0) is 49.4 Å². The van der Waals surface area contributed by atoms with E-state index in [0.717, 1.165) is 50.6 Å². The molecule has 3 aromatic rings. The van der Waals surface area contributed by atoms with Crippen LogP contribution in [0.4, 0.5) is 5.69 Å². The molecular formula is C24H31N5O. The van der Waals surface area contributed by atoms with Crippen molar-refractivity contribution >= 4 is 11.3 Å². The minimum Gasteiger partial charge on any atom is -0.380 e. The first kappa shape index (κ1) is 19.5. The number of ether oxygens (including phenoxy) is 1. The number of fused-ring (bicyclic) bond motifs is 1. The fraction of sp³-hybridized carbons (Fsp3) is 0.500. The topological polar surface area (TPSA) is 45.9 Å². The van der Waals surface area contributed by atoms with Crippen LogP contribution >= 0.6 is 0 Å². The molecule has 2 fully saturated rings. The Bertz CT molecular complexity index is 965. The van der Waals surface area contributed by atoms with E-state index in [-0.39, 0.29) is 0 Å². The van der Waals surface area contributed by atoms with Crippen molar-refractivity contribution in [2.45, 2.75) is 32.2 Å². The van der Waals surface area contributed by atoms with Crippen LogP contribution in [0.25, 0.3) is 5.65 Å². The highest BCUT2D eigenvalue weighted by molar-refractivity contribution is 5.53. The molecule has 2 saturated heterocycles. The van der Waals surface area contributed by atoms with Crippen molar-refractivity contribution in [2.24, 2.45) is 5.92 Å². The monoisotopic (exact) mass is 405 g/mol. The maximum Gasteiger partial charge on any atom is 0.153 e. The largest absolute Gasteiger partial charge is 0.380 e. The van der Waals surface area contributed by atoms with E-state index in [1.165, 1.54) is 43.6 Å². The second-order valence-corrected chi connectivity index (χ2v) is 8.61. The van der Waals surface area contributed by atoms with Gasteiger partial charge in [0.2, 0.25) is 0 Å².